The van der Waals surface area contributed by atoms with Crippen molar-refractivity contribution < 1.29 is 22.7 Å². The van der Waals surface area contributed by atoms with Crippen LogP contribution in [-0.2, 0) is 24.2 Å². The summed E-state index contributed by atoms with van der Waals surface area (Å²) in [6.07, 6.45) is 0.951. The lowest BCUT2D eigenvalue weighted by molar-refractivity contribution is -0.157. The van der Waals surface area contributed by atoms with E-state index in [9.17, 15) is 18.0 Å². The Balaban J connectivity index is 4.74. The molecule has 0 unspecified atom stereocenters. The van der Waals surface area contributed by atoms with Gasteiger partial charge in [0, 0.05) is 6.26 Å². The van der Waals surface area contributed by atoms with Crippen molar-refractivity contribution in [3.05, 3.63) is 0 Å². The monoisotopic (exact) mass is 236 g/mol. The molecule has 0 rings (SSSR count). The lowest BCUT2D eigenvalue weighted by Gasteiger charge is -2.19. The molecule has 0 spiro atoms. The van der Waals surface area contributed by atoms with Crippen molar-refractivity contribution in [2.45, 2.75) is 20.8 Å². The first-order valence-electron chi connectivity index (χ1n) is 4.49. The average Bonchev–Trinajstić information content (AvgIpc) is 2.01. The molecule has 0 saturated heterocycles. The number of ether oxygens (including phenoxy) is 1. The van der Waals surface area contributed by atoms with Crippen LogP contribution in [0.15, 0.2) is 0 Å². The van der Waals surface area contributed by atoms with Crippen LogP contribution in [0.1, 0.15) is 20.8 Å². The highest BCUT2D eigenvalue weighted by Gasteiger charge is 2.38. The van der Waals surface area contributed by atoms with Gasteiger partial charge in [0.2, 0.25) is 0 Å². The maximum atomic E-state index is 11.5. The number of sulfone groups is 1. The van der Waals surface area contributed by atoms with Crippen LogP contribution >= 0.6 is 0 Å². The lowest BCUT2D eigenvalue weighted by Crippen LogP contribution is -2.38. The summed E-state index contributed by atoms with van der Waals surface area (Å²) in [6.45, 7) is 4.50. The normalized spacial score (nSPS) is 12.3. The molecule has 15 heavy (non-hydrogen) atoms. The van der Waals surface area contributed by atoms with Gasteiger partial charge in [-0.05, 0) is 20.8 Å². The van der Waals surface area contributed by atoms with Crippen LogP contribution < -0.4 is 0 Å². The first-order chi connectivity index (χ1) is 6.61. The van der Waals surface area contributed by atoms with Gasteiger partial charge < -0.3 is 4.74 Å². The van der Waals surface area contributed by atoms with E-state index >= 15 is 0 Å². The predicted octanol–water partition coefficient (Wildman–Crippen LogP) is 0.189. The molecule has 0 bridgehead atoms. The SMILES string of the molecule is CCOC(=O)C(C)(C)C(=O)CS(C)(=O)=O. The van der Waals surface area contributed by atoms with Gasteiger partial charge in [-0.25, -0.2) is 8.42 Å². The van der Waals surface area contributed by atoms with Gasteiger partial charge in [0.15, 0.2) is 15.6 Å². The Kier molecular flexibility index (Phi) is 4.45. The minimum Gasteiger partial charge on any atom is -0.465 e. The zero-order valence-corrected chi connectivity index (χ0v) is 10.2. The zero-order chi connectivity index (χ0) is 12.3. The smallest absolute Gasteiger partial charge is 0.319 e. The summed E-state index contributed by atoms with van der Waals surface area (Å²) in [7, 11) is -3.41. The van der Waals surface area contributed by atoms with Crippen LogP contribution in [0.2, 0.25) is 0 Å². The molecule has 0 aliphatic carbocycles. The molecular weight excluding hydrogens is 220 g/mol. The lowest BCUT2D eigenvalue weighted by atomic mass is 9.89. The largest absolute Gasteiger partial charge is 0.465 e. The molecule has 0 fully saturated rings. The molecule has 0 saturated carbocycles. The van der Waals surface area contributed by atoms with Crippen LogP contribution in [0.5, 0.6) is 0 Å². The molecule has 0 atom stereocenters. The maximum Gasteiger partial charge on any atom is 0.319 e. The van der Waals surface area contributed by atoms with Gasteiger partial charge in [-0.1, -0.05) is 0 Å². The number of esters is 1. The van der Waals surface area contributed by atoms with Gasteiger partial charge in [0.25, 0.3) is 0 Å². The van der Waals surface area contributed by atoms with Crippen molar-refractivity contribution in [1.29, 1.82) is 0 Å². The van der Waals surface area contributed by atoms with Gasteiger partial charge in [-0.3, -0.25) is 9.59 Å². The van der Waals surface area contributed by atoms with Crippen LogP contribution in [0.25, 0.3) is 0 Å². The molecule has 0 aromatic carbocycles. The molecule has 0 aromatic rings. The molecule has 88 valence electrons. The third-order valence-electron chi connectivity index (χ3n) is 1.88. The summed E-state index contributed by atoms with van der Waals surface area (Å²) in [5.74, 6) is -1.99. The Morgan fingerprint density at radius 3 is 2.07 bits per heavy atom. The van der Waals surface area contributed by atoms with E-state index in [0.29, 0.717) is 0 Å². The van der Waals surface area contributed by atoms with E-state index < -0.39 is 32.8 Å². The molecule has 0 radical (unpaired) electrons. The Bertz CT molecular complexity index is 353. The van der Waals surface area contributed by atoms with E-state index in [4.69, 9.17) is 0 Å². The second-order valence-corrected chi connectivity index (χ2v) is 5.98. The molecule has 0 heterocycles. The first-order valence-corrected chi connectivity index (χ1v) is 6.55. The number of rotatable bonds is 5. The molecule has 0 aliphatic rings. The van der Waals surface area contributed by atoms with Gasteiger partial charge in [0.1, 0.15) is 11.2 Å². The molecule has 0 amide bonds. The van der Waals surface area contributed by atoms with E-state index in [0.717, 1.165) is 6.26 Å². The second kappa shape index (κ2) is 4.74. The van der Waals surface area contributed by atoms with Gasteiger partial charge in [-0.2, -0.15) is 0 Å². The fourth-order valence-corrected chi connectivity index (χ4v) is 1.68. The Morgan fingerprint density at radius 1 is 1.27 bits per heavy atom. The van der Waals surface area contributed by atoms with Crippen molar-refractivity contribution in [3.63, 3.8) is 0 Å². The van der Waals surface area contributed by atoms with Gasteiger partial charge in [-0.15, -0.1) is 0 Å². The number of carbonyl (C=O) groups excluding carboxylic acids is 2. The highest BCUT2D eigenvalue weighted by atomic mass is 32.2. The molecule has 0 aliphatic heterocycles. The Hall–Kier alpha value is -0.910. The topological polar surface area (TPSA) is 77.5 Å². The molecule has 6 heteroatoms. The Morgan fingerprint density at radius 2 is 1.73 bits per heavy atom. The second-order valence-electron chi connectivity index (χ2n) is 3.84. The number of ketones is 1. The van der Waals surface area contributed by atoms with Crippen LogP contribution in [0.3, 0.4) is 0 Å². The minimum absolute atomic E-state index is 0.161. The maximum absolute atomic E-state index is 11.5. The van der Waals surface area contributed by atoms with Crippen molar-refractivity contribution >= 4 is 21.6 Å². The molecule has 0 aromatic heterocycles. The van der Waals surface area contributed by atoms with E-state index in [2.05, 4.69) is 4.74 Å². The Labute approximate surface area is 89.7 Å². The highest BCUT2D eigenvalue weighted by molar-refractivity contribution is 7.91. The summed E-state index contributed by atoms with van der Waals surface area (Å²) in [6, 6.07) is 0. The highest BCUT2D eigenvalue weighted by Crippen LogP contribution is 2.19. The third kappa shape index (κ3) is 4.42. The zero-order valence-electron chi connectivity index (χ0n) is 9.36. The van der Waals surface area contributed by atoms with Crippen molar-refractivity contribution in [1.82, 2.24) is 0 Å². The van der Waals surface area contributed by atoms with E-state index in [1.165, 1.54) is 13.8 Å². The van der Waals surface area contributed by atoms with E-state index in [1.807, 2.05) is 0 Å². The summed E-state index contributed by atoms with van der Waals surface area (Å²) in [4.78, 5) is 22.9. The molecule has 0 N–H and O–H groups in total. The molecule has 5 nitrogen and oxygen atoms in total. The number of Topliss-reactive ketones (excluding diaryl/α,β-unsaturated/α-hetero) is 1. The summed E-state index contributed by atoms with van der Waals surface area (Å²) < 4.78 is 26.5. The van der Waals surface area contributed by atoms with Crippen molar-refractivity contribution in [3.8, 4) is 0 Å². The summed E-state index contributed by atoms with van der Waals surface area (Å²) >= 11 is 0. The summed E-state index contributed by atoms with van der Waals surface area (Å²) in [5.41, 5.74) is -1.40. The van der Waals surface area contributed by atoms with E-state index in [1.54, 1.807) is 6.92 Å². The predicted molar refractivity (Wildman–Crippen MR) is 55.1 cm³/mol. The fourth-order valence-electron chi connectivity index (χ4n) is 0.844. The average molecular weight is 236 g/mol. The number of carbonyl (C=O) groups is 2. The van der Waals surface area contributed by atoms with Crippen molar-refractivity contribution in [2.24, 2.45) is 5.41 Å². The van der Waals surface area contributed by atoms with Crippen LogP contribution in [0, 0.1) is 5.41 Å². The summed E-state index contributed by atoms with van der Waals surface area (Å²) in [5, 5.41) is 0. The van der Waals surface area contributed by atoms with E-state index in [-0.39, 0.29) is 6.61 Å². The minimum atomic E-state index is -3.41. The molecular formula is C9H16O5S. The quantitative estimate of drug-likeness (QED) is 0.503. The fraction of sp³-hybridized carbons (Fsp3) is 0.778. The van der Waals surface area contributed by atoms with Crippen molar-refractivity contribution in [2.75, 3.05) is 18.6 Å². The first kappa shape index (κ1) is 14.1. The van der Waals surface area contributed by atoms with Crippen LogP contribution in [-0.4, -0.2) is 38.8 Å². The van der Waals surface area contributed by atoms with Crippen LogP contribution in [0.4, 0.5) is 0 Å². The van der Waals surface area contributed by atoms with Gasteiger partial charge in [0.05, 0.1) is 6.61 Å². The third-order valence-corrected chi connectivity index (χ3v) is 2.66. The number of hydrogen-bond acceptors (Lipinski definition) is 5. The van der Waals surface area contributed by atoms with Gasteiger partial charge >= 0.3 is 5.97 Å². The standard InChI is InChI=1S/C9H16O5S/c1-5-14-8(11)9(2,3)7(10)6-15(4,12)13/h5-6H2,1-4H3. The number of hydrogen-bond donors (Lipinski definition) is 0.